The van der Waals surface area contributed by atoms with Gasteiger partial charge in [0.1, 0.15) is 0 Å². The molecule has 0 spiro atoms. The Hall–Kier alpha value is -17.1. The van der Waals surface area contributed by atoms with Crippen molar-refractivity contribution >= 4 is 0 Å². The summed E-state index contributed by atoms with van der Waals surface area (Å²) in [5.41, 5.74) is 54.7. The fraction of sp³-hybridized carbons (Fsp3) is 0.0571. The first-order valence-corrected chi connectivity index (χ1v) is 49.6. The third kappa shape index (κ3) is 20.2. The molecule has 0 aliphatic rings. The third-order valence-corrected chi connectivity index (χ3v) is 28.3. The van der Waals surface area contributed by atoms with E-state index in [1.807, 2.05) is 30.9 Å². The van der Waals surface area contributed by atoms with E-state index in [1.165, 1.54) is 22.3 Å². The van der Waals surface area contributed by atoms with Crippen molar-refractivity contribution in [3.05, 3.63) is 531 Å². The summed E-state index contributed by atoms with van der Waals surface area (Å²) in [4.78, 5) is 29.8. The minimum absolute atomic E-state index is 0. The molecule has 0 aliphatic carbocycles. The van der Waals surface area contributed by atoms with Crippen molar-refractivity contribution in [3.63, 3.8) is 0 Å². The van der Waals surface area contributed by atoms with Gasteiger partial charge < -0.3 is 19.9 Å². The summed E-state index contributed by atoms with van der Waals surface area (Å²) in [7, 11) is 0. The number of pyridine rings is 4. The number of aromatic nitrogens is 6. The van der Waals surface area contributed by atoms with Gasteiger partial charge in [-0.3, -0.25) is 9.97 Å². The molecule has 0 saturated heterocycles. The van der Waals surface area contributed by atoms with Crippen molar-refractivity contribution < 1.29 is 40.2 Å². The zero-order chi connectivity index (χ0) is 98.8. The SMILES string of the molecule is Cc1ccc(-c2cnc(-c3[c-]cc(-c4ccccc4-c4cc(-c5ccccc5-c5c[c-]c(-c6cc(-c7[c-]cc(-c8ccccc8-c8cc(-c9ccccc9-c9c[c-]c(-c%10cc(C)c(-c%11ccc(C)cc%11)cn%10)cc9)cc(-c9ccccc9-c9c[c-]c(-c%10cc(C)c(-c%11ccc(C)cc%11)cn%10)cc9)c8)cc7)ncn6)cc5)cc(-c5ccccc5-c5c[c-]c(-c6cc(C)c(-c7ccc(C)cc7)cn6)cc5)c4)cc3)cc2C)cc1.[Ir+3].[Ir+3]. The second-order valence-electron chi connectivity index (χ2n) is 38.1. The molecule has 0 bridgehead atoms. The van der Waals surface area contributed by atoms with Crippen LogP contribution in [0, 0.1) is 91.8 Å². The van der Waals surface area contributed by atoms with Gasteiger partial charge in [-0.1, -0.05) is 362 Å². The molecule has 148 heavy (non-hydrogen) atoms. The summed E-state index contributed by atoms with van der Waals surface area (Å²) in [6.07, 6.45) is 9.61. The molecule has 6 nitrogen and oxygen atoms in total. The van der Waals surface area contributed by atoms with Gasteiger partial charge in [0.15, 0.2) is 0 Å². The normalized spacial score (nSPS) is 11.1. The van der Waals surface area contributed by atoms with Crippen LogP contribution in [0.15, 0.2) is 450 Å². The van der Waals surface area contributed by atoms with Crippen LogP contribution < -0.4 is 0 Å². The number of rotatable bonds is 22. The summed E-state index contributed by atoms with van der Waals surface area (Å²) in [5, 5.41) is 0. The van der Waals surface area contributed by atoms with E-state index < -0.39 is 0 Å². The maximum absolute atomic E-state index is 5.00. The van der Waals surface area contributed by atoms with Gasteiger partial charge in [0.2, 0.25) is 0 Å². The molecule has 5 aromatic heterocycles. The number of hydrogen-bond donors (Lipinski definition) is 0. The molecule has 5 heterocycles. The summed E-state index contributed by atoms with van der Waals surface area (Å²) in [6, 6.07) is 172. The molecule has 0 amide bonds. The molecule has 0 saturated carbocycles. The van der Waals surface area contributed by atoms with Crippen molar-refractivity contribution in [2.24, 2.45) is 0 Å². The summed E-state index contributed by atoms with van der Waals surface area (Å²) in [6.45, 7) is 17.1. The topological polar surface area (TPSA) is 77.3 Å². The number of hydrogen-bond acceptors (Lipinski definition) is 6. The van der Waals surface area contributed by atoms with Gasteiger partial charge >= 0.3 is 40.2 Å². The largest absolute Gasteiger partial charge is 3.00 e. The van der Waals surface area contributed by atoms with Crippen molar-refractivity contribution in [2.45, 2.75) is 55.4 Å². The Labute approximate surface area is 894 Å². The number of aryl methyl sites for hydroxylation is 8. The van der Waals surface area contributed by atoms with Crippen molar-refractivity contribution in [1.82, 2.24) is 29.9 Å². The van der Waals surface area contributed by atoms with Crippen LogP contribution in [0.2, 0.25) is 0 Å². The molecule has 18 aromatic carbocycles. The Bertz CT molecular complexity index is 7930. The van der Waals surface area contributed by atoms with Crippen LogP contribution in [-0.2, 0) is 40.2 Å². The van der Waals surface area contributed by atoms with Gasteiger partial charge in [0.05, 0.1) is 6.33 Å². The molecular formula is C140H98Ir2N6. The van der Waals surface area contributed by atoms with E-state index in [0.717, 1.165) is 268 Å². The van der Waals surface area contributed by atoms with E-state index in [4.69, 9.17) is 29.9 Å². The Kier molecular flexibility index (Phi) is 28.0. The molecule has 0 radical (unpaired) electrons. The van der Waals surface area contributed by atoms with Crippen LogP contribution in [0.25, 0.3) is 246 Å². The van der Waals surface area contributed by atoms with E-state index in [2.05, 4.69) is 504 Å². The molecular weight excluding hydrogens is 2150 g/mol. The van der Waals surface area contributed by atoms with Gasteiger partial charge in [-0.05, 0) is 237 Å². The van der Waals surface area contributed by atoms with E-state index >= 15 is 0 Å². The van der Waals surface area contributed by atoms with Gasteiger partial charge in [0.25, 0.3) is 0 Å². The van der Waals surface area contributed by atoms with Crippen LogP contribution >= 0.6 is 0 Å². The second kappa shape index (κ2) is 42.7. The first kappa shape index (κ1) is 97.0. The molecule has 23 rings (SSSR count). The van der Waals surface area contributed by atoms with Crippen molar-refractivity contribution in [3.8, 4) is 246 Å². The Morgan fingerprint density at radius 1 is 0.142 bits per heavy atom. The molecule has 0 N–H and O–H groups in total. The quantitative estimate of drug-likeness (QED) is 0.0629. The Morgan fingerprint density at radius 3 is 0.453 bits per heavy atom. The first-order valence-electron chi connectivity index (χ1n) is 49.6. The number of nitrogens with zero attached hydrogens (tertiary/aromatic N) is 6. The molecule has 0 unspecified atom stereocenters. The van der Waals surface area contributed by atoms with Crippen LogP contribution in [-0.4, -0.2) is 29.9 Å². The summed E-state index contributed by atoms with van der Waals surface area (Å²) >= 11 is 0. The predicted octanol–water partition coefficient (Wildman–Crippen LogP) is 36.0. The van der Waals surface area contributed by atoms with E-state index in [-0.39, 0.29) is 40.2 Å². The standard InChI is InChI=1S/C140H98N6.2Ir/c1-89-33-41-103(42-34-89)131-84-141-135(73-93(131)5)107-61-49-97(50-62-107)119-21-9-15-27-125(119)113-77-114(126-28-16-10-22-120(126)98-51-63-108(64-52-98)136-74-94(6)132(85-142-136)104-43-35-90(2)36-44-104)80-117(79-113)129-31-19-13-25-123(129)101-57-69-111(70-58-101)139-83-140(146-88-145-139)112-71-59-102(60-72-112)124-26-14-20-32-130(124)118-81-115(127-29-17-11-23-121(127)99-53-65-109(66-54-99)137-75-95(7)133(86-143-137)105-45-37-91(3)38-46-105)78-116(82-118)128-30-18-12-24-122(128)100-55-67-110(68-56-100)138-76-96(8)134(87-144-138)106-47-39-92(4)40-48-106;;/h9-61,63,65,67,69,71,73-88H,1-8H3;;/q-6;2*+3. The fourth-order valence-electron chi connectivity index (χ4n) is 20.2. The monoisotopic (exact) mass is 2250 g/mol. The molecule has 23 aromatic rings. The van der Waals surface area contributed by atoms with Gasteiger partial charge in [0, 0.05) is 47.0 Å². The van der Waals surface area contributed by atoms with Gasteiger partial charge in [-0.25, -0.2) is 0 Å². The van der Waals surface area contributed by atoms with Crippen molar-refractivity contribution in [1.29, 1.82) is 0 Å². The zero-order valence-corrected chi connectivity index (χ0v) is 87.9. The average molecular weight is 2250 g/mol. The molecule has 706 valence electrons. The van der Waals surface area contributed by atoms with Gasteiger partial charge in [-0.2, -0.15) is 0 Å². The maximum Gasteiger partial charge on any atom is 3.00 e. The minimum Gasteiger partial charge on any atom is -0.304 e. The Balaban J connectivity index is 0.00000641. The summed E-state index contributed by atoms with van der Waals surface area (Å²) in [5.74, 6) is 0. The third-order valence-electron chi connectivity index (χ3n) is 28.3. The van der Waals surface area contributed by atoms with Gasteiger partial charge in [-0.15, -0.1) is 179 Å². The number of benzene rings is 18. The van der Waals surface area contributed by atoms with E-state index in [9.17, 15) is 0 Å². The average Bonchev–Trinajstić information content (AvgIpc) is 0.766. The first-order chi connectivity index (χ1) is 71.6. The molecule has 8 heteroatoms. The molecule has 0 atom stereocenters. The van der Waals surface area contributed by atoms with Crippen LogP contribution in [0.4, 0.5) is 0 Å². The van der Waals surface area contributed by atoms with Crippen LogP contribution in [0.3, 0.4) is 0 Å². The van der Waals surface area contributed by atoms with E-state index in [0.29, 0.717) is 0 Å². The predicted molar refractivity (Wildman–Crippen MR) is 604 cm³/mol. The minimum atomic E-state index is 0. The summed E-state index contributed by atoms with van der Waals surface area (Å²) < 4.78 is 0. The van der Waals surface area contributed by atoms with Crippen LogP contribution in [0.5, 0.6) is 0 Å². The van der Waals surface area contributed by atoms with E-state index in [1.54, 1.807) is 6.33 Å². The zero-order valence-electron chi connectivity index (χ0n) is 83.1. The second-order valence-corrected chi connectivity index (χ2v) is 38.1. The smallest absolute Gasteiger partial charge is 0.304 e. The van der Waals surface area contributed by atoms with Crippen molar-refractivity contribution in [2.75, 3.05) is 0 Å². The maximum atomic E-state index is 5.00. The fourth-order valence-corrected chi connectivity index (χ4v) is 20.2. The molecule has 0 aliphatic heterocycles. The molecule has 0 fully saturated rings. The van der Waals surface area contributed by atoms with Crippen LogP contribution in [0.1, 0.15) is 44.5 Å². The Morgan fingerprint density at radius 2 is 0.297 bits per heavy atom.